The Labute approximate surface area is 97.5 Å². The van der Waals surface area contributed by atoms with Crippen molar-refractivity contribution in [1.82, 2.24) is 4.98 Å². The summed E-state index contributed by atoms with van der Waals surface area (Å²) in [4.78, 5) is 24.1. The zero-order chi connectivity index (χ0) is 13.0. The van der Waals surface area contributed by atoms with Gasteiger partial charge in [0.2, 0.25) is 0 Å². The first-order chi connectivity index (χ1) is 7.97. The minimum atomic E-state index is -0.626. The van der Waals surface area contributed by atoms with E-state index in [4.69, 9.17) is 10.00 Å². The molecule has 0 saturated heterocycles. The fraction of sp³-hybridized carbons (Fsp3) is 0.364. The van der Waals surface area contributed by atoms with Crippen LogP contribution in [0.1, 0.15) is 23.6 Å². The number of nitrogens with zero attached hydrogens (tertiary/aromatic N) is 1. The molecule has 1 aromatic rings. The molecule has 0 aliphatic carbocycles. The molecule has 0 bridgehead atoms. The van der Waals surface area contributed by atoms with Crippen LogP contribution in [0, 0.1) is 18.3 Å². The molecule has 17 heavy (non-hydrogen) atoms. The van der Waals surface area contributed by atoms with Crippen LogP contribution >= 0.6 is 0 Å². The van der Waals surface area contributed by atoms with E-state index in [1.54, 1.807) is 13.0 Å². The van der Waals surface area contributed by atoms with Gasteiger partial charge in [-0.1, -0.05) is 0 Å². The van der Waals surface area contributed by atoms with E-state index < -0.39 is 11.5 Å². The third-order valence-corrected chi connectivity index (χ3v) is 2.34. The van der Waals surface area contributed by atoms with Gasteiger partial charge in [-0.2, -0.15) is 5.26 Å². The highest BCUT2D eigenvalue weighted by Crippen LogP contribution is 2.18. The van der Waals surface area contributed by atoms with E-state index in [2.05, 4.69) is 4.98 Å². The Balaban J connectivity index is 3.04. The highest BCUT2D eigenvalue weighted by Gasteiger charge is 2.13. The molecule has 0 atom stereocenters. The van der Waals surface area contributed by atoms with Crippen LogP contribution in [0.2, 0.25) is 0 Å². The van der Waals surface area contributed by atoms with Crippen LogP contribution in [0.4, 0.5) is 0 Å². The van der Waals surface area contributed by atoms with Crippen LogP contribution in [0.5, 0.6) is 5.88 Å². The molecule has 1 heterocycles. The van der Waals surface area contributed by atoms with Crippen molar-refractivity contribution in [1.29, 1.82) is 5.26 Å². The normalized spacial score (nSPS) is 9.71. The summed E-state index contributed by atoms with van der Waals surface area (Å²) in [6.45, 7) is 2.93. The van der Waals surface area contributed by atoms with Gasteiger partial charge in [-0.05, 0) is 12.5 Å². The van der Waals surface area contributed by atoms with Crippen molar-refractivity contribution in [2.45, 2.75) is 20.3 Å². The van der Waals surface area contributed by atoms with Gasteiger partial charge in [-0.25, -0.2) is 0 Å². The Hall–Kier alpha value is -2.29. The number of nitriles is 1. The van der Waals surface area contributed by atoms with Gasteiger partial charge in [0.1, 0.15) is 11.6 Å². The summed E-state index contributed by atoms with van der Waals surface area (Å²) in [6.07, 6.45) is 0.239. The van der Waals surface area contributed by atoms with Crippen LogP contribution in [0.15, 0.2) is 4.79 Å². The first kappa shape index (κ1) is 12.8. The minimum Gasteiger partial charge on any atom is -0.494 e. The number of aromatic nitrogens is 1. The molecular formula is C11H12N2O4. The van der Waals surface area contributed by atoms with Crippen LogP contribution < -0.4 is 5.56 Å². The van der Waals surface area contributed by atoms with Crippen molar-refractivity contribution in [2.75, 3.05) is 6.61 Å². The second-order valence-corrected chi connectivity index (χ2v) is 3.48. The number of esters is 1. The maximum absolute atomic E-state index is 11.3. The summed E-state index contributed by atoms with van der Waals surface area (Å²) in [5.74, 6) is -0.717. The molecule has 2 N–H and O–H groups in total. The zero-order valence-corrected chi connectivity index (χ0v) is 9.53. The Morgan fingerprint density at radius 3 is 2.76 bits per heavy atom. The van der Waals surface area contributed by atoms with Gasteiger partial charge in [-0.15, -0.1) is 0 Å². The first-order valence-electron chi connectivity index (χ1n) is 4.95. The lowest BCUT2D eigenvalue weighted by Gasteiger charge is -2.09. The van der Waals surface area contributed by atoms with Gasteiger partial charge >= 0.3 is 5.97 Å². The smallest absolute Gasteiger partial charge is 0.302 e. The second kappa shape index (κ2) is 5.16. The molecule has 0 aliphatic rings. The molecule has 0 aromatic carbocycles. The number of rotatable bonds is 3. The number of aromatic amines is 1. The van der Waals surface area contributed by atoms with Crippen LogP contribution in [-0.2, 0) is 16.0 Å². The lowest BCUT2D eigenvalue weighted by Crippen LogP contribution is -2.15. The topological polar surface area (TPSA) is 103 Å². The van der Waals surface area contributed by atoms with Crippen molar-refractivity contribution in [3.05, 3.63) is 27.0 Å². The standard InChI is InChI=1S/C11H12N2O4/c1-6-8(3-4-17-7(2)14)10(15)13-11(16)9(6)5-12/h3-4H2,1-2H3,(H2,13,15,16). The molecule has 6 heteroatoms. The van der Waals surface area contributed by atoms with E-state index in [9.17, 15) is 14.7 Å². The molecule has 0 spiro atoms. The number of hydrogen-bond donors (Lipinski definition) is 2. The summed E-state index contributed by atoms with van der Waals surface area (Å²) in [6, 6.07) is 1.77. The Morgan fingerprint density at radius 2 is 2.24 bits per heavy atom. The number of nitrogens with one attached hydrogen (secondary N) is 1. The molecule has 0 fully saturated rings. The molecule has 0 unspecified atom stereocenters. The summed E-state index contributed by atoms with van der Waals surface area (Å²) >= 11 is 0. The van der Waals surface area contributed by atoms with E-state index >= 15 is 0 Å². The van der Waals surface area contributed by atoms with Gasteiger partial charge in [-0.3, -0.25) is 14.6 Å². The molecule has 1 aromatic heterocycles. The van der Waals surface area contributed by atoms with E-state index in [0.717, 1.165) is 0 Å². The largest absolute Gasteiger partial charge is 0.494 e. The number of H-pyrrole nitrogens is 1. The fourth-order valence-corrected chi connectivity index (χ4v) is 1.48. The van der Waals surface area contributed by atoms with Crippen molar-refractivity contribution < 1.29 is 14.6 Å². The van der Waals surface area contributed by atoms with E-state index in [1.807, 2.05) is 0 Å². The number of ether oxygens (including phenoxy) is 1. The number of aromatic hydroxyl groups is 1. The van der Waals surface area contributed by atoms with Crippen LogP contribution in [0.3, 0.4) is 0 Å². The van der Waals surface area contributed by atoms with Gasteiger partial charge in [0, 0.05) is 18.9 Å². The highest BCUT2D eigenvalue weighted by atomic mass is 16.5. The van der Waals surface area contributed by atoms with Crippen molar-refractivity contribution in [3.8, 4) is 11.9 Å². The van der Waals surface area contributed by atoms with Crippen molar-refractivity contribution in [2.24, 2.45) is 0 Å². The summed E-state index contributed by atoms with van der Waals surface area (Å²) < 4.78 is 4.73. The average molecular weight is 236 g/mol. The van der Waals surface area contributed by atoms with Crippen LogP contribution in [0.25, 0.3) is 0 Å². The van der Waals surface area contributed by atoms with Gasteiger partial charge in [0.25, 0.3) is 5.56 Å². The molecule has 0 amide bonds. The lowest BCUT2D eigenvalue weighted by molar-refractivity contribution is -0.140. The molecule has 1 rings (SSSR count). The number of carbonyl (C=O) groups is 1. The summed E-state index contributed by atoms with van der Waals surface area (Å²) in [7, 11) is 0. The quantitative estimate of drug-likeness (QED) is 0.738. The van der Waals surface area contributed by atoms with E-state index in [-0.39, 0.29) is 24.5 Å². The summed E-state index contributed by atoms with van der Waals surface area (Å²) in [5.41, 5.74) is 0.141. The third kappa shape index (κ3) is 2.84. The molecule has 0 radical (unpaired) electrons. The molecule has 6 nitrogen and oxygen atoms in total. The summed E-state index contributed by atoms with van der Waals surface area (Å²) in [5, 5.41) is 18.3. The predicted octanol–water partition coefficient (Wildman–Crippen LogP) is 0.366. The monoisotopic (exact) mass is 236 g/mol. The maximum atomic E-state index is 11.3. The predicted molar refractivity (Wildman–Crippen MR) is 58.5 cm³/mol. The number of hydrogen-bond acceptors (Lipinski definition) is 5. The zero-order valence-electron chi connectivity index (χ0n) is 9.53. The first-order valence-corrected chi connectivity index (χ1v) is 4.95. The van der Waals surface area contributed by atoms with Crippen molar-refractivity contribution >= 4 is 5.97 Å². The van der Waals surface area contributed by atoms with E-state index in [1.165, 1.54) is 6.92 Å². The Morgan fingerprint density at radius 1 is 1.59 bits per heavy atom. The van der Waals surface area contributed by atoms with Gasteiger partial charge < -0.3 is 9.84 Å². The van der Waals surface area contributed by atoms with Gasteiger partial charge in [0.15, 0.2) is 5.88 Å². The highest BCUT2D eigenvalue weighted by molar-refractivity contribution is 5.65. The molecule has 0 aliphatic heterocycles. The second-order valence-electron chi connectivity index (χ2n) is 3.48. The third-order valence-electron chi connectivity index (χ3n) is 2.34. The van der Waals surface area contributed by atoms with Crippen LogP contribution in [-0.4, -0.2) is 22.7 Å². The SMILES string of the molecule is CC(=O)OCCc1c(O)[nH]c(=O)c(C#N)c1C. The van der Waals surface area contributed by atoms with E-state index in [0.29, 0.717) is 11.1 Å². The number of pyridine rings is 1. The Bertz CT molecular complexity index is 540. The Kier molecular flexibility index (Phi) is 3.88. The lowest BCUT2D eigenvalue weighted by atomic mass is 10.0. The molecular weight excluding hydrogens is 224 g/mol. The minimum absolute atomic E-state index is 0.0411. The fourth-order valence-electron chi connectivity index (χ4n) is 1.48. The average Bonchev–Trinajstić information content (AvgIpc) is 2.22. The van der Waals surface area contributed by atoms with Crippen molar-refractivity contribution in [3.63, 3.8) is 0 Å². The van der Waals surface area contributed by atoms with Gasteiger partial charge in [0.05, 0.1) is 6.61 Å². The molecule has 0 saturated carbocycles. The maximum Gasteiger partial charge on any atom is 0.302 e. The number of carbonyl (C=O) groups excluding carboxylic acids is 1. The molecule has 90 valence electrons.